The van der Waals surface area contributed by atoms with Crippen LogP contribution in [-0.4, -0.2) is 47.5 Å². The summed E-state index contributed by atoms with van der Waals surface area (Å²) in [5, 5.41) is 18.7. The van der Waals surface area contributed by atoms with Gasteiger partial charge in [-0.3, -0.25) is 0 Å². The van der Waals surface area contributed by atoms with E-state index < -0.39 is 0 Å². The first-order valence-electron chi connectivity index (χ1n) is 5.72. The van der Waals surface area contributed by atoms with E-state index in [1.165, 1.54) is 6.42 Å². The normalized spacial score (nSPS) is 40.1. The highest BCUT2D eigenvalue weighted by atomic mass is 16.3. The molecule has 0 spiro atoms. The van der Waals surface area contributed by atoms with Crippen molar-refractivity contribution in [1.82, 2.24) is 4.90 Å². The van der Waals surface area contributed by atoms with Crippen LogP contribution in [0.4, 0.5) is 0 Å². The largest absolute Gasteiger partial charge is 0.396 e. The average molecular weight is 199 g/mol. The summed E-state index contributed by atoms with van der Waals surface area (Å²) in [7, 11) is 0. The second kappa shape index (κ2) is 4.17. The summed E-state index contributed by atoms with van der Waals surface area (Å²) in [5.41, 5.74) is 0. The monoisotopic (exact) mass is 199 g/mol. The van der Waals surface area contributed by atoms with E-state index in [9.17, 15) is 5.11 Å². The molecular weight excluding hydrogens is 178 g/mol. The fraction of sp³-hybridized carbons (Fsp3) is 1.00. The van der Waals surface area contributed by atoms with Gasteiger partial charge in [-0.2, -0.15) is 0 Å². The molecular formula is C11H21NO2. The lowest BCUT2D eigenvalue weighted by Gasteiger charge is -2.20. The van der Waals surface area contributed by atoms with Gasteiger partial charge in [-0.25, -0.2) is 0 Å². The molecule has 2 rings (SSSR count). The maximum atomic E-state index is 9.73. The molecule has 2 aliphatic rings. The Morgan fingerprint density at radius 2 is 2.14 bits per heavy atom. The molecule has 0 aromatic heterocycles. The highest BCUT2D eigenvalue weighted by Gasteiger charge is 2.41. The molecule has 0 amide bonds. The van der Waals surface area contributed by atoms with Gasteiger partial charge in [0.15, 0.2) is 0 Å². The van der Waals surface area contributed by atoms with Gasteiger partial charge in [0.1, 0.15) is 0 Å². The van der Waals surface area contributed by atoms with Crippen LogP contribution in [0, 0.1) is 17.8 Å². The van der Waals surface area contributed by atoms with E-state index >= 15 is 0 Å². The Morgan fingerprint density at radius 1 is 1.36 bits per heavy atom. The van der Waals surface area contributed by atoms with Gasteiger partial charge >= 0.3 is 0 Å². The van der Waals surface area contributed by atoms with Crippen molar-refractivity contribution in [2.75, 3.05) is 26.2 Å². The minimum Gasteiger partial charge on any atom is -0.396 e. The number of hydrogen-bond acceptors (Lipinski definition) is 3. The smallest absolute Gasteiger partial charge is 0.0583 e. The Labute approximate surface area is 85.7 Å². The van der Waals surface area contributed by atoms with Gasteiger partial charge in [0.2, 0.25) is 0 Å². The van der Waals surface area contributed by atoms with Crippen molar-refractivity contribution >= 4 is 0 Å². The SMILES string of the molecule is CC(CO)CN1CC2CCC(O)C2C1. The van der Waals surface area contributed by atoms with E-state index in [1.807, 2.05) is 0 Å². The molecule has 1 aliphatic carbocycles. The molecule has 0 bridgehead atoms. The van der Waals surface area contributed by atoms with E-state index in [2.05, 4.69) is 11.8 Å². The maximum absolute atomic E-state index is 9.73. The molecule has 3 nitrogen and oxygen atoms in total. The Kier molecular flexibility index (Phi) is 3.10. The molecule has 4 unspecified atom stereocenters. The van der Waals surface area contributed by atoms with Crippen LogP contribution >= 0.6 is 0 Å². The van der Waals surface area contributed by atoms with Crippen molar-refractivity contribution in [2.24, 2.45) is 17.8 Å². The predicted molar refractivity (Wildman–Crippen MR) is 54.9 cm³/mol. The van der Waals surface area contributed by atoms with E-state index in [0.29, 0.717) is 11.8 Å². The van der Waals surface area contributed by atoms with Gasteiger partial charge in [-0.15, -0.1) is 0 Å². The Hall–Kier alpha value is -0.120. The molecule has 82 valence electrons. The van der Waals surface area contributed by atoms with E-state index in [-0.39, 0.29) is 12.7 Å². The molecule has 2 fully saturated rings. The fourth-order valence-corrected chi connectivity index (χ4v) is 2.98. The third-order valence-electron chi connectivity index (χ3n) is 3.78. The first kappa shape index (κ1) is 10.4. The van der Waals surface area contributed by atoms with Crippen LogP contribution in [0.2, 0.25) is 0 Å². The molecule has 1 saturated carbocycles. The number of aliphatic hydroxyl groups excluding tert-OH is 2. The van der Waals surface area contributed by atoms with Crippen molar-refractivity contribution in [2.45, 2.75) is 25.9 Å². The summed E-state index contributed by atoms with van der Waals surface area (Å²) in [4.78, 5) is 2.40. The molecule has 3 heteroatoms. The third-order valence-corrected chi connectivity index (χ3v) is 3.78. The zero-order chi connectivity index (χ0) is 10.1. The van der Waals surface area contributed by atoms with Gasteiger partial charge in [-0.1, -0.05) is 6.92 Å². The lowest BCUT2D eigenvalue weighted by Crippen LogP contribution is -2.30. The molecule has 1 heterocycles. The molecule has 14 heavy (non-hydrogen) atoms. The van der Waals surface area contributed by atoms with Gasteiger partial charge in [0.05, 0.1) is 6.10 Å². The third kappa shape index (κ3) is 1.95. The second-order valence-corrected chi connectivity index (χ2v) is 5.07. The Morgan fingerprint density at radius 3 is 2.79 bits per heavy atom. The van der Waals surface area contributed by atoms with E-state index in [0.717, 1.165) is 32.0 Å². The minimum atomic E-state index is -0.0607. The highest BCUT2D eigenvalue weighted by molar-refractivity contribution is 4.93. The number of aliphatic hydroxyl groups is 2. The lowest BCUT2D eigenvalue weighted by atomic mass is 10.00. The van der Waals surface area contributed by atoms with E-state index in [4.69, 9.17) is 5.11 Å². The van der Waals surface area contributed by atoms with Crippen molar-refractivity contribution in [3.05, 3.63) is 0 Å². The van der Waals surface area contributed by atoms with Crippen LogP contribution < -0.4 is 0 Å². The van der Waals surface area contributed by atoms with Crippen LogP contribution in [0.15, 0.2) is 0 Å². The van der Waals surface area contributed by atoms with Crippen LogP contribution in [-0.2, 0) is 0 Å². The highest BCUT2D eigenvalue weighted by Crippen LogP contribution is 2.38. The van der Waals surface area contributed by atoms with Crippen LogP contribution in [0.3, 0.4) is 0 Å². The number of likely N-dealkylation sites (tertiary alicyclic amines) is 1. The molecule has 0 aromatic carbocycles. The van der Waals surface area contributed by atoms with Crippen LogP contribution in [0.1, 0.15) is 19.8 Å². The minimum absolute atomic E-state index is 0.0607. The molecule has 0 radical (unpaired) electrons. The van der Waals surface area contributed by atoms with Crippen LogP contribution in [0.5, 0.6) is 0 Å². The predicted octanol–water partition coefficient (Wildman–Crippen LogP) is 0.317. The van der Waals surface area contributed by atoms with Crippen molar-refractivity contribution in [3.63, 3.8) is 0 Å². The van der Waals surface area contributed by atoms with Crippen molar-refractivity contribution < 1.29 is 10.2 Å². The summed E-state index contributed by atoms with van der Waals surface area (Å²) in [6, 6.07) is 0. The molecule has 0 aromatic rings. The zero-order valence-electron chi connectivity index (χ0n) is 8.89. The van der Waals surface area contributed by atoms with E-state index in [1.54, 1.807) is 0 Å². The molecule has 2 N–H and O–H groups in total. The number of rotatable bonds is 3. The summed E-state index contributed by atoms with van der Waals surface area (Å²) in [5.74, 6) is 1.60. The Balaban J connectivity index is 1.83. The van der Waals surface area contributed by atoms with Crippen molar-refractivity contribution in [1.29, 1.82) is 0 Å². The summed E-state index contributed by atoms with van der Waals surface area (Å²) in [6.45, 7) is 5.50. The zero-order valence-corrected chi connectivity index (χ0v) is 8.89. The van der Waals surface area contributed by atoms with Gasteiger partial charge in [0.25, 0.3) is 0 Å². The van der Waals surface area contributed by atoms with Crippen molar-refractivity contribution in [3.8, 4) is 0 Å². The average Bonchev–Trinajstić information content (AvgIpc) is 2.69. The summed E-state index contributed by atoms with van der Waals surface area (Å²) < 4.78 is 0. The summed E-state index contributed by atoms with van der Waals surface area (Å²) >= 11 is 0. The number of fused-ring (bicyclic) bond motifs is 1. The van der Waals surface area contributed by atoms with Gasteiger partial charge in [0, 0.05) is 32.2 Å². The fourth-order valence-electron chi connectivity index (χ4n) is 2.98. The van der Waals surface area contributed by atoms with Crippen LogP contribution in [0.25, 0.3) is 0 Å². The molecule has 1 aliphatic heterocycles. The molecule has 1 saturated heterocycles. The summed E-state index contributed by atoms with van der Waals surface area (Å²) in [6.07, 6.45) is 2.13. The standard InChI is InChI=1S/C11H21NO2/c1-8(7-13)4-12-5-9-2-3-11(14)10(9)6-12/h8-11,13-14H,2-7H2,1H3. The van der Waals surface area contributed by atoms with Gasteiger partial charge < -0.3 is 15.1 Å². The first-order valence-corrected chi connectivity index (χ1v) is 5.72. The number of nitrogens with zero attached hydrogens (tertiary/aromatic N) is 1. The second-order valence-electron chi connectivity index (χ2n) is 5.07. The maximum Gasteiger partial charge on any atom is 0.0583 e. The lowest BCUT2D eigenvalue weighted by molar-refractivity contribution is 0.119. The first-order chi connectivity index (χ1) is 6.70. The molecule has 4 atom stereocenters. The van der Waals surface area contributed by atoms with Gasteiger partial charge in [-0.05, 0) is 24.7 Å². The number of hydrogen-bond donors (Lipinski definition) is 2. The Bertz CT molecular complexity index is 198. The quantitative estimate of drug-likeness (QED) is 0.688. The topological polar surface area (TPSA) is 43.7 Å².